The second kappa shape index (κ2) is 2.68. The van der Waals surface area contributed by atoms with Gasteiger partial charge in [-0.05, 0) is 24.0 Å². The van der Waals surface area contributed by atoms with E-state index in [1.54, 1.807) is 0 Å². The van der Waals surface area contributed by atoms with Crippen LogP contribution in [0.25, 0.3) is 5.57 Å². The van der Waals surface area contributed by atoms with Crippen LogP contribution in [0.4, 0.5) is 0 Å². The van der Waals surface area contributed by atoms with Crippen molar-refractivity contribution < 1.29 is 4.79 Å². The van der Waals surface area contributed by atoms with Crippen LogP contribution < -0.4 is 0 Å². The number of hydrogen-bond acceptors (Lipinski definition) is 1. The highest BCUT2D eigenvalue weighted by molar-refractivity contribution is 6.26. The summed E-state index contributed by atoms with van der Waals surface area (Å²) in [4.78, 5) is 11.9. The third-order valence-electron chi connectivity index (χ3n) is 2.86. The number of Topliss-reactive ketones (excluding diaryl/α,β-unsaturated/α-hetero) is 1. The van der Waals surface area contributed by atoms with Crippen LogP contribution in [0, 0.1) is 0 Å². The summed E-state index contributed by atoms with van der Waals surface area (Å²) in [5.74, 6) is 0.201. The Kier molecular flexibility index (Phi) is 1.48. The molecule has 0 spiro atoms. The van der Waals surface area contributed by atoms with Crippen molar-refractivity contribution in [3.63, 3.8) is 0 Å². The van der Waals surface area contributed by atoms with Gasteiger partial charge in [-0.25, -0.2) is 0 Å². The number of ketones is 1. The standard InChI is InChI=1S/C13H10O/c14-13-11-7-3-1-5-9(11)10-6-2-4-8-12(10)13/h1,3,5-8H,2,4H2. The van der Waals surface area contributed by atoms with Crippen LogP contribution in [0.15, 0.2) is 42.0 Å². The maximum atomic E-state index is 11.9. The fourth-order valence-electron chi connectivity index (χ4n) is 2.21. The van der Waals surface area contributed by atoms with E-state index in [9.17, 15) is 4.79 Å². The molecule has 0 aromatic heterocycles. The third-order valence-corrected chi connectivity index (χ3v) is 2.86. The van der Waals surface area contributed by atoms with E-state index in [1.807, 2.05) is 24.3 Å². The smallest absolute Gasteiger partial charge is 0.193 e. The van der Waals surface area contributed by atoms with Crippen LogP contribution in [-0.4, -0.2) is 5.78 Å². The SMILES string of the molecule is O=C1C2=CCCC=C2c2ccccc21. The Morgan fingerprint density at radius 1 is 0.857 bits per heavy atom. The molecule has 0 bridgehead atoms. The zero-order valence-corrected chi connectivity index (χ0v) is 7.79. The normalized spacial score (nSPS) is 18.4. The van der Waals surface area contributed by atoms with Crippen molar-refractivity contribution >= 4 is 11.4 Å². The monoisotopic (exact) mass is 182 g/mol. The summed E-state index contributed by atoms with van der Waals surface area (Å²) in [5.41, 5.74) is 4.05. The summed E-state index contributed by atoms with van der Waals surface area (Å²) in [7, 11) is 0. The Morgan fingerprint density at radius 3 is 2.29 bits per heavy atom. The highest BCUT2D eigenvalue weighted by Gasteiger charge is 2.29. The Bertz CT molecular complexity index is 478. The number of allylic oxidation sites excluding steroid dienone is 4. The van der Waals surface area contributed by atoms with Gasteiger partial charge in [0.2, 0.25) is 0 Å². The molecule has 0 saturated carbocycles. The van der Waals surface area contributed by atoms with Gasteiger partial charge in [-0.1, -0.05) is 36.4 Å². The van der Waals surface area contributed by atoms with E-state index >= 15 is 0 Å². The predicted octanol–water partition coefficient (Wildman–Crippen LogP) is 2.99. The van der Waals surface area contributed by atoms with Crippen molar-refractivity contribution in [2.75, 3.05) is 0 Å². The molecule has 1 heteroatoms. The van der Waals surface area contributed by atoms with E-state index in [0.29, 0.717) is 0 Å². The van der Waals surface area contributed by atoms with Gasteiger partial charge in [0, 0.05) is 11.1 Å². The molecule has 0 N–H and O–H groups in total. The second-order valence-electron chi connectivity index (χ2n) is 3.69. The van der Waals surface area contributed by atoms with E-state index in [-0.39, 0.29) is 5.78 Å². The van der Waals surface area contributed by atoms with Crippen molar-refractivity contribution in [2.24, 2.45) is 0 Å². The maximum Gasteiger partial charge on any atom is 0.193 e. The molecule has 0 fully saturated rings. The third kappa shape index (κ3) is 0.869. The number of carbonyl (C=O) groups excluding carboxylic acids is 1. The topological polar surface area (TPSA) is 17.1 Å². The van der Waals surface area contributed by atoms with Crippen molar-refractivity contribution in [1.29, 1.82) is 0 Å². The molecule has 0 unspecified atom stereocenters. The van der Waals surface area contributed by atoms with Gasteiger partial charge in [0.1, 0.15) is 0 Å². The Morgan fingerprint density at radius 2 is 1.50 bits per heavy atom. The molecule has 3 rings (SSSR count). The molecule has 68 valence electrons. The summed E-state index contributed by atoms with van der Waals surface area (Å²) in [6.45, 7) is 0. The summed E-state index contributed by atoms with van der Waals surface area (Å²) in [5, 5.41) is 0. The van der Waals surface area contributed by atoms with E-state index in [2.05, 4.69) is 12.2 Å². The lowest BCUT2D eigenvalue weighted by atomic mass is 9.98. The largest absolute Gasteiger partial charge is 0.289 e. The minimum absolute atomic E-state index is 0.201. The van der Waals surface area contributed by atoms with Gasteiger partial charge >= 0.3 is 0 Å². The molecule has 1 nitrogen and oxygen atoms in total. The summed E-state index contributed by atoms with van der Waals surface area (Å²) < 4.78 is 0. The number of carbonyl (C=O) groups is 1. The minimum atomic E-state index is 0.201. The minimum Gasteiger partial charge on any atom is -0.289 e. The Balaban J connectivity index is 2.31. The number of fused-ring (bicyclic) bond motifs is 3. The van der Waals surface area contributed by atoms with Crippen molar-refractivity contribution in [2.45, 2.75) is 12.8 Å². The molecule has 0 aliphatic heterocycles. The number of benzene rings is 1. The molecule has 1 aromatic carbocycles. The molecule has 2 aliphatic rings. The van der Waals surface area contributed by atoms with Crippen LogP contribution in [0.2, 0.25) is 0 Å². The van der Waals surface area contributed by atoms with Crippen molar-refractivity contribution in [3.8, 4) is 0 Å². The van der Waals surface area contributed by atoms with Gasteiger partial charge in [0.05, 0.1) is 0 Å². The molecule has 0 radical (unpaired) electrons. The van der Waals surface area contributed by atoms with Gasteiger partial charge in [0.25, 0.3) is 0 Å². The van der Waals surface area contributed by atoms with Gasteiger partial charge in [-0.3, -0.25) is 4.79 Å². The number of hydrogen-bond donors (Lipinski definition) is 0. The molecule has 14 heavy (non-hydrogen) atoms. The summed E-state index contributed by atoms with van der Waals surface area (Å²) >= 11 is 0. The van der Waals surface area contributed by atoms with Crippen LogP contribution in [-0.2, 0) is 0 Å². The first-order chi connectivity index (χ1) is 6.88. The van der Waals surface area contributed by atoms with Gasteiger partial charge in [0.15, 0.2) is 5.78 Å². The fraction of sp³-hybridized carbons (Fsp3) is 0.154. The molecule has 1 aromatic rings. The zero-order valence-electron chi connectivity index (χ0n) is 7.79. The predicted molar refractivity (Wildman–Crippen MR) is 56.1 cm³/mol. The van der Waals surface area contributed by atoms with Crippen LogP contribution >= 0.6 is 0 Å². The van der Waals surface area contributed by atoms with E-state index in [4.69, 9.17) is 0 Å². The fourth-order valence-corrected chi connectivity index (χ4v) is 2.21. The zero-order chi connectivity index (χ0) is 9.54. The van der Waals surface area contributed by atoms with Crippen LogP contribution in [0.5, 0.6) is 0 Å². The maximum absolute atomic E-state index is 11.9. The molecule has 0 heterocycles. The average molecular weight is 182 g/mol. The Labute approximate surface area is 82.8 Å². The van der Waals surface area contributed by atoms with E-state index in [0.717, 1.165) is 35.1 Å². The van der Waals surface area contributed by atoms with Crippen LogP contribution in [0.3, 0.4) is 0 Å². The number of rotatable bonds is 0. The lowest BCUT2D eigenvalue weighted by Crippen LogP contribution is -1.96. The first-order valence-electron chi connectivity index (χ1n) is 4.93. The molecular formula is C13H10O. The second-order valence-corrected chi connectivity index (χ2v) is 3.69. The molecule has 2 aliphatic carbocycles. The van der Waals surface area contributed by atoms with Gasteiger partial charge in [-0.15, -0.1) is 0 Å². The van der Waals surface area contributed by atoms with E-state index < -0.39 is 0 Å². The first kappa shape index (κ1) is 7.74. The average Bonchev–Trinajstić information content (AvgIpc) is 2.55. The lowest BCUT2D eigenvalue weighted by molar-refractivity contribution is 0.104. The molecule has 0 amide bonds. The van der Waals surface area contributed by atoms with Gasteiger partial charge < -0.3 is 0 Å². The molecule has 0 saturated heterocycles. The lowest BCUT2D eigenvalue weighted by Gasteiger charge is -2.05. The molecule has 0 atom stereocenters. The summed E-state index contributed by atoms with van der Waals surface area (Å²) in [6, 6.07) is 7.86. The highest BCUT2D eigenvalue weighted by Crippen LogP contribution is 2.38. The summed E-state index contributed by atoms with van der Waals surface area (Å²) in [6.07, 6.45) is 6.30. The van der Waals surface area contributed by atoms with Gasteiger partial charge in [-0.2, -0.15) is 0 Å². The highest BCUT2D eigenvalue weighted by atomic mass is 16.1. The van der Waals surface area contributed by atoms with Crippen molar-refractivity contribution in [3.05, 3.63) is 53.1 Å². The Hall–Kier alpha value is -1.63. The van der Waals surface area contributed by atoms with Crippen molar-refractivity contribution in [1.82, 2.24) is 0 Å². The first-order valence-corrected chi connectivity index (χ1v) is 4.93. The van der Waals surface area contributed by atoms with Crippen LogP contribution in [0.1, 0.15) is 28.8 Å². The quantitative estimate of drug-likeness (QED) is 0.602. The van der Waals surface area contributed by atoms with E-state index in [1.165, 1.54) is 0 Å². The molecular weight excluding hydrogens is 172 g/mol.